The van der Waals surface area contributed by atoms with Crippen molar-refractivity contribution < 1.29 is 0 Å². The Hall–Kier alpha value is -1.02. The fourth-order valence-electron chi connectivity index (χ4n) is 2.81. The lowest BCUT2D eigenvalue weighted by molar-refractivity contribution is 0.537. The maximum absolute atomic E-state index is 2.29. The summed E-state index contributed by atoms with van der Waals surface area (Å²) >= 11 is 1.90. The minimum atomic E-state index is 1.19. The SMILES string of the molecule is c1csc(CCCCCCCCCCCn2cccc2)c1. The van der Waals surface area contributed by atoms with Gasteiger partial charge in [-0.25, -0.2) is 0 Å². The Kier molecular flexibility index (Phi) is 8.31. The van der Waals surface area contributed by atoms with Crippen molar-refractivity contribution in [1.82, 2.24) is 4.57 Å². The first kappa shape index (κ1) is 16.4. The monoisotopic (exact) mass is 303 g/mol. The molecule has 0 N–H and O–H groups in total. The van der Waals surface area contributed by atoms with Crippen LogP contribution in [0.2, 0.25) is 0 Å². The summed E-state index contributed by atoms with van der Waals surface area (Å²) in [6.45, 7) is 1.19. The number of rotatable bonds is 12. The van der Waals surface area contributed by atoms with E-state index in [2.05, 4.69) is 46.6 Å². The predicted octanol–water partition coefficient (Wildman–Crippen LogP) is 6.30. The summed E-state index contributed by atoms with van der Waals surface area (Å²) in [5.41, 5.74) is 0. The fraction of sp³-hybridized carbons (Fsp3) is 0.579. The zero-order valence-electron chi connectivity index (χ0n) is 13.2. The maximum atomic E-state index is 2.29. The van der Waals surface area contributed by atoms with Crippen LogP contribution in [0.5, 0.6) is 0 Å². The van der Waals surface area contributed by atoms with Crippen LogP contribution in [-0.4, -0.2) is 4.57 Å². The molecule has 2 aromatic rings. The second-order valence-corrected chi connectivity index (χ2v) is 6.96. The van der Waals surface area contributed by atoms with Crippen molar-refractivity contribution in [3.63, 3.8) is 0 Å². The van der Waals surface area contributed by atoms with Crippen LogP contribution in [0, 0.1) is 0 Å². The van der Waals surface area contributed by atoms with Gasteiger partial charge in [-0.3, -0.25) is 0 Å². The molecule has 116 valence electrons. The summed E-state index contributed by atoms with van der Waals surface area (Å²) in [7, 11) is 0. The summed E-state index contributed by atoms with van der Waals surface area (Å²) in [5.74, 6) is 0. The third kappa shape index (κ3) is 7.52. The van der Waals surface area contributed by atoms with Crippen molar-refractivity contribution in [2.45, 2.75) is 70.8 Å². The minimum Gasteiger partial charge on any atom is -0.354 e. The Morgan fingerprint density at radius 3 is 1.95 bits per heavy atom. The molecule has 0 aliphatic carbocycles. The van der Waals surface area contributed by atoms with E-state index in [1.165, 1.54) is 70.8 Å². The van der Waals surface area contributed by atoms with Gasteiger partial charge in [-0.2, -0.15) is 0 Å². The summed E-state index contributed by atoms with van der Waals surface area (Å²) in [6, 6.07) is 8.64. The van der Waals surface area contributed by atoms with E-state index in [1.54, 1.807) is 4.88 Å². The van der Waals surface area contributed by atoms with E-state index < -0.39 is 0 Å². The molecule has 2 aromatic heterocycles. The highest BCUT2D eigenvalue weighted by Gasteiger charge is 1.96. The van der Waals surface area contributed by atoms with Crippen molar-refractivity contribution >= 4 is 11.3 Å². The molecule has 2 heterocycles. The van der Waals surface area contributed by atoms with E-state index in [0.717, 1.165) is 0 Å². The molecule has 0 radical (unpaired) electrons. The standard InChI is InChI=1S/C19H29NS/c1(2-4-6-8-13-19-14-12-18-21-19)3-5-7-9-15-20-16-10-11-17-20/h10-12,14,16-18H,1-9,13,15H2. The van der Waals surface area contributed by atoms with Crippen molar-refractivity contribution in [1.29, 1.82) is 0 Å². The van der Waals surface area contributed by atoms with Gasteiger partial charge in [-0.05, 0) is 42.8 Å². The molecule has 0 atom stereocenters. The molecule has 2 heteroatoms. The average Bonchev–Trinajstić information content (AvgIpc) is 3.18. The Labute approximate surface area is 134 Å². The van der Waals surface area contributed by atoms with Gasteiger partial charge in [0.1, 0.15) is 0 Å². The van der Waals surface area contributed by atoms with Crippen LogP contribution < -0.4 is 0 Å². The molecule has 0 bridgehead atoms. The first-order chi connectivity index (χ1) is 10.4. The van der Waals surface area contributed by atoms with Gasteiger partial charge in [0, 0.05) is 23.8 Å². The Morgan fingerprint density at radius 2 is 1.33 bits per heavy atom. The highest BCUT2D eigenvalue weighted by molar-refractivity contribution is 7.09. The summed E-state index contributed by atoms with van der Waals surface area (Å²) in [6.07, 6.45) is 18.2. The molecule has 0 aromatic carbocycles. The van der Waals surface area contributed by atoms with Crippen LogP contribution in [0.25, 0.3) is 0 Å². The van der Waals surface area contributed by atoms with Gasteiger partial charge in [0.2, 0.25) is 0 Å². The van der Waals surface area contributed by atoms with Crippen LogP contribution in [0.3, 0.4) is 0 Å². The van der Waals surface area contributed by atoms with Crippen molar-refractivity contribution in [2.75, 3.05) is 0 Å². The number of thiophene rings is 1. The van der Waals surface area contributed by atoms with E-state index in [1.807, 2.05) is 11.3 Å². The Balaban J connectivity index is 1.31. The maximum Gasteiger partial charge on any atom is 0.0219 e. The van der Waals surface area contributed by atoms with E-state index in [4.69, 9.17) is 0 Å². The summed E-state index contributed by atoms with van der Waals surface area (Å²) in [5, 5.41) is 2.19. The molecule has 0 fully saturated rings. The quantitative estimate of drug-likeness (QED) is 0.405. The van der Waals surface area contributed by atoms with Gasteiger partial charge in [0.05, 0.1) is 0 Å². The van der Waals surface area contributed by atoms with Crippen molar-refractivity contribution in [3.8, 4) is 0 Å². The van der Waals surface area contributed by atoms with Crippen LogP contribution in [0.15, 0.2) is 42.0 Å². The number of unbranched alkanes of at least 4 members (excludes halogenated alkanes) is 8. The lowest BCUT2D eigenvalue weighted by Gasteiger charge is -2.04. The molecule has 0 unspecified atom stereocenters. The van der Waals surface area contributed by atoms with E-state index in [0.29, 0.717) is 0 Å². The number of hydrogen-bond donors (Lipinski definition) is 0. The van der Waals surface area contributed by atoms with Gasteiger partial charge in [0.25, 0.3) is 0 Å². The number of aryl methyl sites for hydroxylation is 2. The molecule has 0 aliphatic rings. The van der Waals surface area contributed by atoms with Crippen molar-refractivity contribution in [2.24, 2.45) is 0 Å². The topological polar surface area (TPSA) is 4.93 Å². The van der Waals surface area contributed by atoms with Crippen molar-refractivity contribution in [3.05, 3.63) is 46.9 Å². The van der Waals surface area contributed by atoms with E-state index in [9.17, 15) is 0 Å². The van der Waals surface area contributed by atoms with Crippen LogP contribution in [0.4, 0.5) is 0 Å². The molecule has 0 amide bonds. The van der Waals surface area contributed by atoms with E-state index in [-0.39, 0.29) is 0 Å². The van der Waals surface area contributed by atoms with Crippen LogP contribution in [0.1, 0.15) is 62.7 Å². The third-order valence-electron chi connectivity index (χ3n) is 4.09. The third-order valence-corrected chi connectivity index (χ3v) is 5.02. The fourth-order valence-corrected chi connectivity index (χ4v) is 3.56. The van der Waals surface area contributed by atoms with E-state index >= 15 is 0 Å². The summed E-state index contributed by atoms with van der Waals surface area (Å²) < 4.78 is 2.29. The largest absolute Gasteiger partial charge is 0.354 e. The van der Waals surface area contributed by atoms with Gasteiger partial charge in [-0.15, -0.1) is 11.3 Å². The zero-order chi connectivity index (χ0) is 14.6. The van der Waals surface area contributed by atoms with Gasteiger partial charge in [-0.1, -0.05) is 51.0 Å². The molecule has 0 spiro atoms. The van der Waals surface area contributed by atoms with Gasteiger partial charge < -0.3 is 4.57 Å². The second-order valence-electron chi connectivity index (χ2n) is 5.93. The number of hydrogen-bond acceptors (Lipinski definition) is 1. The first-order valence-electron chi connectivity index (χ1n) is 8.58. The Morgan fingerprint density at radius 1 is 0.714 bits per heavy atom. The molecule has 0 saturated heterocycles. The minimum absolute atomic E-state index is 1.19. The zero-order valence-corrected chi connectivity index (χ0v) is 14.0. The second kappa shape index (κ2) is 10.7. The highest BCUT2D eigenvalue weighted by atomic mass is 32.1. The molecular weight excluding hydrogens is 274 g/mol. The smallest absolute Gasteiger partial charge is 0.0219 e. The number of nitrogens with zero attached hydrogens (tertiary/aromatic N) is 1. The molecule has 21 heavy (non-hydrogen) atoms. The number of aromatic nitrogens is 1. The van der Waals surface area contributed by atoms with Crippen LogP contribution >= 0.6 is 11.3 Å². The van der Waals surface area contributed by atoms with Gasteiger partial charge >= 0.3 is 0 Å². The lowest BCUT2D eigenvalue weighted by Crippen LogP contribution is -1.93. The Bertz CT molecular complexity index is 388. The molecule has 0 aliphatic heterocycles. The van der Waals surface area contributed by atoms with Gasteiger partial charge in [0.15, 0.2) is 0 Å². The lowest BCUT2D eigenvalue weighted by atomic mass is 10.1. The summed E-state index contributed by atoms with van der Waals surface area (Å²) in [4.78, 5) is 1.55. The molecular formula is C19H29NS. The predicted molar refractivity (Wildman–Crippen MR) is 94.0 cm³/mol. The molecule has 0 saturated carbocycles. The average molecular weight is 304 g/mol. The first-order valence-corrected chi connectivity index (χ1v) is 9.46. The molecule has 1 nitrogen and oxygen atoms in total. The van der Waals surface area contributed by atoms with Crippen LogP contribution in [-0.2, 0) is 13.0 Å². The molecule has 2 rings (SSSR count). The normalized spacial score (nSPS) is 11.0. The highest BCUT2D eigenvalue weighted by Crippen LogP contribution is 2.15.